The zero-order chi connectivity index (χ0) is 21.0. The van der Waals surface area contributed by atoms with Gasteiger partial charge in [-0.05, 0) is 30.9 Å². The van der Waals surface area contributed by atoms with Gasteiger partial charge < -0.3 is 15.0 Å². The van der Waals surface area contributed by atoms with Gasteiger partial charge in [-0.25, -0.2) is 23.5 Å². The lowest BCUT2D eigenvalue weighted by atomic mass is 9.92. The minimum Gasteiger partial charge on any atom is -0.476 e. The molecule has 0 amide bonds. The molecule has 0 spiro atoms. The van der Waals surface area contributed by atoms with E-state index in [1.165, 1.54) is 63.3 Å². The molecule has 3 aromatic rings. The third-order valence-electron chi connectivity index (χ3n) is 5.24. The maximum atomic E-state index is 11.4. The van der Waals surface area contributed by atoms with Gasteiger partial charge in [0, 0.05) is 6.20 Å². The van der Waals surface area contributed by atoms with Crippen molar-refractivity contribution in [1.29, 1.82) is 0 Å². The second kappa shape index (κ2) is 8.92. The zero-order valence-electron chi connectivity index (χ0n) is 16.5. The van der Waals surface area contributed by atoms with Crippen LogP contribution in [-0.4, -0.2) is 39.9 Å². The molecule has 1 saturated carbocycles. The first-order chi connectivity index (χ1) is 14.5. The highest BCUT2D eigenvalue weighted by Gasteiger charge is 2.16. The topological polar surface area (TPSA) is 149 Å². The molecule has 0 radical (unpaired) electrons. The van der Waals surface area contributed by atoms with E-state index in [9.17, 15) is 8.42 Å². The van der Waals surface area contributed by atoms with Crippen LogP contribution in [0.3, 0.4) is 0 Å². The van der Waals surface area contributed by atoms with Gasteiger partial charge in [0.2, 0.25) is 21.9 Å². The number of aromatic amines is 1. The van der Waals surface area contributed by atoms with Gasteiger partial charge in [-0.15, -0.1) is 0 Å². The van der Waals surface area contributed by atoms with Crippen molar-refractivity contribution in [2.45, 2.75) is 49.8 Å². The van der Waals surface area contributed by atoms with Crippen molar-refractivity contribution in [3.05, 3.63) is 24.7 Å². The molecule has 1 aliphatic carbocycles. The Hall–Kier alpha value is -2.79. The number of pyridine rings is 1. The number of nitrogens with two attached hydrogens (primary N) is 1. The SMILES string of the molecule is NS(=O)(=O)c1ccc(Nc2nc(OCC3CCCCCCC3)c3[nH]cnc3n2)nc1. The average molecular weight is 432 g/mol. The molecule has 10 nitrogen and oxygen atoms in total. The van der Waals surface area contributed by atoms with Gasteiger partial charge >= 0.3 is 0 Å². The Balaban J connectivity index is 1.50. The van der Waals surface area contributed by atoms with Crippen molar-refractivity contribution in [2.24, 2.45) is 11.1 Å². The molecule has 3 aromatic heterocycles. The van der Waals surface area contributed by atoms with Gasteiger partial charge in [-0.2, -0.15) is 9.97 Å². The maximum absolute atomic E-state index is 11.4. The van der Waals surface area contributed by atoms with Crippen LogP contribution in [0.2, 0.25) is 0 Å². The molecule has 0 atom stereocenters. The van der Waals surface area contributed by atoms with Gasteiger partial charge in [0.1, 0.15) is 16.2 Å². The number of fused-ring (bicyclic) bond motifs is 1. The molecule has 4 N–H and O–H groups in total. The van der Waals surface area contributed by atoms with Crippen molar-refractivity contribution in [3.63, 3.8) is 0 Å². The summed E-state index contributed by atoms with van der Waals surface area (Å²) in [5.74, 6) is 1.59. The van der Waals surface area contributed by atoms with Gasteiger partial charge in [0.15, 0.2) is 5.65 Å². The lowest BCUT2D eigenvalue weighted by molar-refractivity contribution is 0.214. The fraction of sp³-hybridized carbons (Fsp3) is 0.474. The highest BCUT2D eigenvalue weighted by atomic mass is 32.2. The van der Waals surface area contributed by atoms with Crippen molar-refractivity contribution in [3.8, 4) is 5.88 Å². The molecule has 0 aliphatic heterocycles. The Kier molecular flexibility index (Phi) is 6.09. The minimum atomic E-state index is -3.80. The van der Waals surface area contributed by atoms with Crippen LogP contribution in [0.15, 0.2) is 29.6 Å². The predicted molar refractivity (Wildman–Crippen MR) is 112 cm³/mol. The first kappa shape index (κ1) is 20.5. The van der Waals surface area contributed by atoms with Crippen LogP contribution in [-0.2, 0) is 10.0 Å². The molecule has 3 heterocycles. The quantitative estimate of drug-likeness (QED) is 0.539. The molecule has 11 heteroatoms. The standard InChI is InChI=1S/C19H25N7O3S/c20-30(27,28)14-8-9-15(21-10-14)24-19-25-17-16(22-12-23-17)18(26-19)29-11-13-6-4-2-1-3-5-7-13/h8-10,12-13H,1-7,11H2,(H2,20,27,28)(H2,21,22,23,24,25,26). The largest absolute Gasteiger partial charge is 0.476 e. The van der Waals surface area contributed by atoms with Gasteiger partial charge in [0.05, 0.1) is 12.9 Å². The summed E-state index contributed by atoms with van der Waals surface area (Å²) in [6.07, 6.45) is 11.5. The van der Waals surface area contributed by atoms with E-state index in [0.29, 0.717) is 35.4 Å². The number of H-pyrrole nitrogens is 1. The molecule has 0 bridgehead atoms. The van der Waals surface area contributed by atoms with Crippen LogP contribution in [0.5, 0.6) is 5.88 Å². The number of nitrogens with one attached hydrogen (secondary N) is 2. The lowest BCUT2D eigenvalue weighted by Crippen LogP contribution is -2.15. The number of hydrogen-bond donors (Lipinski definition) is 3. The first-order valence-electron chi connectivity index (χ1n) is 10.1. The molecule has 160 valence electrons. The number of ether oxygens (including phenoxy) is 1. The summed E-state index contributed by atoms with van der Waals surface area (Å²) in [5, 5.41) is 8.06. The van der Waals surface area contributed by atoms with Crippen molar-refractivity contribution >= 4 is 33.0 Å². The molecular formula is C19H25N7O3S. The summed E-state index contributed by atoms with van der Waals surface area (Å²) in [6.45, 7) is 0.603. The second-order valence-electron chi connectivity index (χ2n) is 7.52. The summed E-state index contributed by atoms with van der Waals surface area (Å²) in [7, 11) is -3.80. The minimum absolute atomic E-state index is 0.0695. The summed E-state index contributed by atoms with van der Waals surface area (Å²) in [5.41, 5.74) is 1.12. The van der Waals surface area contributed by atoms with E-state index in [1.807, 2.05) is 0 Å². The van der Waals surface area contributed by atoms with E-state index in [-0.39, 0.29) is 10.8 Å². The van der Waals surface area contributed by atoms with E-state index in [0.717, 1.165) is 0 Å². The Labute approximate surface area is 174 Å². The van der Waals surface area contributed by atoms with Crippen molar-refractivity contribution in [2.75, 3.05) is 11.9 Å². The van der Waals surface area contributed by atoms with E-state index in [1.54, 1.807) is 6.33 Å². The Morgan fingerprint density at radius 3 is 2.57 bits per heavy atom. The summed E-state index contributed by atoms with van der Waals surface area (Å²) < 4.78 is 28.8. The van der Waals surface area contributed by atoms with Crippen LogP contribution in [0.1, 0.15) is 44.9 Å². The van der Waals surface area contributed by atoms with E-state index < -0.39 is 10.0 Å². The zero-order valence-corrected chi connectivity index (χ0v) is 17.4. The number of nitrogens with zero attached hydrogens (tertiary/aromatic N) is 4. The summed E-state index contributed by atoms with van der Waals surface area (Å²) in [4.78, 5) is 20.0. The third kappa shape index (κ3) is 5.03. The molecule has 0 saturated heterocycles. The molecule has 0 unspecified atom stereocenters. The smallest absolute Gasteiger partial charge is 0.245 e. The second-order valence-corrected chi connectivity index (χ2v) is 9.09. The van der Waals surface area contributed by atoms with Crippen LogP contribution in [0.25, 0.3) is 11.2 Å². The number of rotatable bonds is 6. The highest BCUT2D eigenvalue weighted by molar-refractivity contribution is 7.89. The number of primary sulfonamides is 1. The number of hydrogen-bond acceptors (Lipinski definition) is 8. The number of anilines is 2. The van der Waals surface area contributed by atoms with Crippen LogP contribution in [0, 0.1) is 5.92 Å². The summed E-state index contributed by atoms with van der Waals surface area (Å²) in [6, 6.07) is 2.86. The van der Waals surface area contributed by atoms with E-state index >= 15 is 0 Å². The van der Waals surface area contributed by atoms with E-state index in [2.05, 4.69) is 30.2 Å². The number of aromatic nitrogens is 5. The predicted octanol–water partition coefficient (Wildman–Crippen LogP) is 2.88. The van der Waals surface area contributed by atoms with Crippen LogP contribution in [0.4, 0.5) is 11.8 Å². The van der Waals surface area contributed by atoms with Gasteiger partial charge in [-0.3, -0.25) is 0 Å². The third-order valence-corrected chi connectivity index (χ3v) is 6.14. The molecule has 4 rings (SSSR count). The average Bonchev–Trinajstić information content (AvgIpc) is 3.15. The summed E-state index contributed by atoms with van der Waals surface area (Å²) >= 11 is 0. The molecular weight excluding hydrogens is 406 g/mol. The molecule has 0 aromatic carbocycles. The molecule has 30 heavy (non-hydrogen) atoms. The first-order valence-corrected chi connectivity index (χ1v) is 11.6. The van der Waals surface area contributed by atoms with Crippen molar-refractivity contribution in [1.82, 2.24) is 24.9 Å². The van der Waals surface area contributed by atoms with E-state index in [4.69, 9.17) is 9.88 Å². The molecule has 1 fully saturated rings. The van der Waals surface area contributed by atoms with Crippen LogP contribution >= 0.6 is 0 Å². The maximum Gasteiger partial charge on any atom is 0.245 e. The van der Waals surface area contributed by atoms with Crippen molar-refractivity contribution < 1.29 is 13.2 Å². The number of sulfonamides is 1. The Morgan fingerprint density at radius 2 is 1.87 bits per heavy atom. The fourth-order valence-corrected chi connectivity index (χ4v) is 4.07. The lowest BCUT2D eigenvalue weighted by Gasteiger charge is -2.19. The number of imidazole rings is 1. The Morgan fingerprint density at radius 1 is 1.10 bits per heavy atom. The fourth-order valence-electron chi connectivity index (χ4n) is 3.61. The monoisotopic (exact) mass is 431 g/mol. The Bertz CT molecular complexity index is 1090. The van der Waals surface area contributed by atoms with Gasteiger partial charge in [-0.1, -0.05) is 32.1 Å². The van der Waals surface area contributed by atoms with Gasteiger partial charge in [0.25, 0.3) is 0 Å². The highest BCUT2D eigenvalue weighted by Crippen LogP contribution is 2.26. The normalized spacial score (nSPS) is 16.2. The molecule has 1 aliphatic rings. The van der Waals surface area contributed by atoms with Crippen LogP contribution < -0.4 is 15.2 Å².